The van der Waals surface area contributed by atoms with E-state index in [1.807, 2.05) is 0 Å². The summed E-state index contributed by atoms with van der Waals surface area (Å²) in [6, 6.07) is 3.23. The monoisotopic (exact) mass is 206 g/mol. The Morgan fingerprint density at radius 1 is 1.60 bits per heavy atom. The van der Waals surface area contributed by atoms with Crippen molar-refractivity contribution in [1.29, 1.82) is 0 Å². The quantitative estimate of drug-likeness (QED) is 0.351. The molecule has 0 aliphatic rings. The first-order chi connectivity index (χ1) is 7.16. The van der Waals surface area contributed by atoms with Crippen molar-refractivity contribution in [2.24, 2.45) is 5.11 Å². The van der Waals surface area contributed by atoms with Gasteiger partial charge in [0.25, 0.3) is 0 Å². The molecular formula is C10H11FN4. The summed E-state index contributed by atoms with van der Waals surface area (Å²) in [5, 5.41) is 3.30. The van der Waals surface area contributed by atoms with Gasteiger partial charge in [-0.2, -0.15) is 0 Å². The van der Waals surface area contributed by atoms with Crippen molar-refractivity contribution in [1.82, 2.24) is 0 Å². The Hall–Kier alpha value is -2.00. The van der Waals surface area contributed by atoms with Crippen LogP contribution >= 0.6 is 0 Å². The first-order valence-corrected chi connectivity index (χ1v) is 4.38. The molecule has 0 radical (unpaired) electrons. The van der Waals surface area contributed by atoms with Gasteiger partial charge in [0, 0.05) is 28.3 Å². The first-order valence-electron chi connectivity index (χ1n) is 4.38. The molecule has 15 heavy (non-hydrogen) atoms. The fourth-order valence-corrected chi connectivity index (χ4v) is 1.11. The van der Waals surface area contributed by atoms with Crippen LogP contribution in [-0.4, -0.2) is 6.54 Å². The molecule has 0 spiro atoms. The molecule has 0 bridgehead atoms. The number of nitrogens with two attached hydrogens (primary N) is 1. The highest BCUT2D eigenvalue weighted by Gasteiger charge is 2.04. The van der Waals surface area contributed by atoms with Gasteiger partial charge in [0.05, 0.1) is 0 Å². The largest absolute Gasteiger partial charge is 0.398 e. The summed E-state index contributed by atoms with van der Waals surface area (Å²) < 4.78 is 13.5. The van der Waals surface area contributed by atoms with Gasteiger partial charge in [-0.3, -0.25) is 0 Å². The minimum absolute atomic E-state index is 0.208. The molecule has 4 nitrogen and oxygen atoms in total. The van der Waals surface area contributed by atoms with Gasteiger partial charge < -0.3 is 5.73 Å². The molecule has 0 aliphatic heterocycles. The SMILES string of the molecule is Cc1c(N)ccc(C=CCN=[N+]=[N-])c1F. The van der Waals surface area contributed by atoms with Gasteiger partial charge in [-0.05, 0) is 24.6 Å². The van der Waals surface area contributed by atoms with Gasteiger partial charge >= 0.3 is 0 Å². The van der Waals surface area contributed by atoms with E-state index in [0.29, 0.717) is 16.8 Å². The molecule has 0 aliphatic carbocycles. The predicted octanol–water partition coefficient (Wildman–Crippen LogP) is 3.04. The molecule has 0 amide bonds. The molecule has 0 unspecified atom stereocenters. The lowest BCUT2D eigenvalue weighted by molar-refractivity contribution is 0.616. The van der Waals surface area contributed by atoms with Crippen LogP contribution in [-0.2, 0) is 0 Å². The summed E-state index contributed by atoms with van der Waals surface area (Å²) >= 11 is 0. The zero-order chi connectivity index (χ0) is 11.3. The number of hydrogen-bond acceptors (Lipinski definition) is 2. The van der Waals surface area contributed by atoms with E-state index < -0.39 is 0 Å². The number of nitrogen functional groups attached to an aromatic ring is 1. The lowest BCUT2D eigenvalue weighted by Gasteiger charge is -2.03. The highest BCUT2D eigenvalue weighted by Crippen LogP contribution is 2.19. The van der Waals surface area contributed by atoms with Crippen LogP contribution in [0.3, 0.4) is 0 Å². The summed E-state index contributed by atoms with van der Waals surface area (Å²) in [6.07, 6.45) is 3.16. The first kappa shape index (κ1) is 11.1. The Labute approximate surface area is 86.8 Å². The molecule has 0 fully saturated rings. The summed E-state index contributed by atoms with van der Waals surface area (Å²) in [4.78, 5) is 2.58. The summed E-state index contributed by atoms with van der Waals surface area (Å²) in [6.45, 7) is 1.83. The molecule has 1 rings (SSSR count). The number of nitrogens with zero attached hydrogens (tertiary/aromatic N) is 3. The van der Waals surface area contributed by atoms with Gasteiger partial charge in [-0.15, -0.1) is 0 Å². The van der Waals surface area contributed by atoms with E-state index in [-0.39, 0.29) is 12.4 Å². The van der Waals surface area contributed by atoms with Crippen molar-refractivity contribution in [3.05, 3.63) is 45.6 Å². The Kier molecular flexibility index (Phi) is 3.71. The fraction of sp³-hybridized carbons (Fsp3) is 0.200. The maximum absolute atomic E-state index is 13.5. The van der Waals surface area contributed by atoms with Crippen LogP contribution in [0.1, 0.15) is 11.1 Å². The standard InChI is InChI=1S/C10H11FN4/c1-7-9(12)5-4-8(10(7)11)3-2-6-14-15-13/h2-5H,6,12H2,1H3. The van der Waals surface area contributed by atoms with Crippen LogP contribution in [0.15, 0.2) is 23.3 Å². The van der Waals surface area contributed by atoms with Crippen molar-refractivity contribution in [3.63, 3.8) is 0 Å². The Bertz CT molecular complexity index is 433. The molecule has 0 saturated heterocycles. The Morgan fingerprint density at radius 2 is 2.33 bits per heavy atom. The lowest BCUT2D eigenvalue weighted by Crippen LogP contribution is -1.95. The Morgan fingerprint density at radius 3 is 3.00 bits per heavy atom. The molecule has 0 heterocycles. The summed E-state index contributed by atoms with van der Waals surface area (Å²) in [5.74, 6) is -0.341. The number of benzene rings is 1. The van der Waals surface area contributed by atoms with Gasteiger partial charge in [-0.25, -0.2) is 4.39 Å². The zero-order valence-corrected chi connectivity index (χ0v) is 8.31. The smallest absolute Gasteiger partial charge is 0.135 e. The topological polar surface area (TPSA) is 74.8 Å². The number of anilines is 1. The van der Waals surface area contributed by atoms with Gasteiger partial charge in [-0.1, -0.05) is 17.3 Å². The second kappa shape index (κ2) is 5.02. The minimum Gasteiger partial charge on any atom is -0.398 e. The van der Waals surface area contributed by atoms with Crippen LogP contribution in [0.4, 0.5) is 10.1 Å². The van der Waals surface area contributed by atoms with E-state index in [4.69, 9.17) is 11.3 Å². The van der Waals surface area contributed by atoms with E-state index in [0.717, 1.165) is 0 Å². The van der Waals surface area contributed by atoms with Crippen LogP contribution in [0, 0.1) is 12.7 Å². The van der Waals surface area contributed by atoms with Gasteiger partial charge in [0.1, 0.15) is 5.82 Å². The third-order valence-corrected chi connectivity index (χ3v) is 2.01. The fourth-order valence-electron chi connectivity index (χ4n) is 1.11. The van der Waals surface area contributed by atoms with Crippen molar-refractivity contribution < 1.29 is 4.39 Å². The van der Waals surface area contributed by atoms with Crippen molar-refractivity contribution in [2.45, 2.75) is 6.92 Å². The van der Waals surface area contributed by atoms with E-state index in [1.54, 1.807) is 31.2 Å². The summed E-state index contributed by atoms with van der Waals surface area (Å²) in [5.41, 5.74) is 14.9. The van der Waals surface area contributed by atoms with Crippen LogP contribution in [0.5, 0.6) is 0 Å². The molecular weight excluding hydrogens is 195 g/mol. The normalized spacial score (nSPS) is 10.3. The maximum Gasteiger partial charge on any atom is 0.135 e. The maximum atomic E-state index is 13.5. The Balaban J connectivity index is 2.91. The molecule has 0 saturated carbocycles. The van der Waals surface area contributed by atoms with Gasteiger partial charge in [0.15, 0.2) is 0 Å². The molecule has 1 aromatic carbocycles. The average Bonchev–Trinajstić information content (AvgIpc) is 2.24. The molecule has 2 N–H and O–H groups in total. The third-order valence-electron chi connectivity index (χ3n) is 2.01. The number of hydrogen-bond donors (Lipinski definition) is 1. The molecule has 78 valence electrons. The predicted molar refractivity (Wildman–Crippen MR) is 58.6 cm³/mol. The van der Waals surface area contributed by atoms with Crippen LogP contribution in [0.25, 0.3) is 16.5 Å². The van der Waals surface area contributed by atoms with Crippen LogP contribution in [0.2, 0.25) is 0 Å². The highest BCUT2D eigenvalue weighted by molar-refractivity contribution is 5.58. The molecule has 5 heteroatoms. The van der Waals surface area contributed by atoms with Crippen molar-refractivity contribution >= 4 is 11.8 Å². The van der Waals surface area contributed by atoms with Crippen molar-refractivity contribution in [2.75, 3.05) is 12.3 Å². The molecule has 1 aromatic rings. The minimum atomic E-state index is -0.341. The number of rotatable bonds is 3. The third kappa shape index (κ3) is 2.72. The van der Waals surface area contributed by atoms with Crippen molar-refractivity contribution in [3.8, 4) is 0 Å². The van der Waals surface area contributed by atoms with Gasteiger partial charge in [0.2, 0.25) is 0 Å². The molecule has 0 atom stereocenters. The van der Waals surface area contributed by atoms with E-state index in [9.17, 15) is 4.39 Å². The summed E-state index contributed by atoms with van der Waals surface area (Å²) in [7, 11) is 0. The molecule has 0 aromatic heterocycles. The van der Waals surface area contributed by atoms with E-state index in [2.05, 4.69) is 10.0 Å². The zero-order valence-electron chi connectivity index (χ0n) is 8.31. The highest BCUT2D eigenvalue weighted by atomic mass is 19.1. The average molecular weight is 206 g/mol. The number of azide groups is 1. The number of halogens is 1. The second-order valence-corrected chi connectivity index (χ2v) is 3.00. The second-order valence-electron chi connectivity index (χ2n) is 3.00. The van der Waals surface area contributed by atoms with E-state index in [1.165, 1.54) is 0 Å². The van der Waals surface area contributed by atoms with Crippen LogP contribution < -0.4 is 5.73 Å². The van der Waals surface area contributed by atoms with E-state index >= 15 is 0 Å². The lowest BCUT2D eigenvalue weighted by atomic mass is 10.1.